The fraction of sp³-hybridized carbons (Fsp3) is 0.154. The molecule has 0 spiro atoms. The molecule has 0 radical (unpaired) electrons. The summed E-state index contributed by atoms with van der Waals surface area (Å²) in [6.45, 7) is 1.66. The van der Waals surface area contributed by atoms with E-state index in [-0.39, 0.29) is 16.5 Å². The van der Waals surface area contributed by atoms with E-state index in [0.717, 1.165) is 4.68 Å². The van der Waals surface area contributed by atoms with Crippen LogP contribution in [-0.2, 0) is 10.0 Å². The van der Waals surface area contributed by atoms with E-state index in [9.17, 15) is 18.0 Å². The molecule has 10 heteroatoms. The summed E-state index contributed by atoms with van der Waals surface area (Å²) in [6, 6.07) is 24.0. The number of para-hydroxylation sites is 1. The Morgan fingerprint density at radius 1 is 0.806 bits per heavy atom. The third-order valence-corrected chi connectivity index (χ3v) is 7.65. The lowest BCUT2D eigenvalue weighted by molar-refractivity contribution is 0.0747. The van der Waals surface area contributed by atoms with Gasteiger partial charge in [0.2, 0.25) is 0 Å². The zero-order valence-electron chi connectivity index (χ0n) is 19.4. The molecular formula is C26H25N5O4S. The summed E-state index contributed by atoms with van der Waals surface area (Å²) < 4.78 is 29.8. The van der Waals surface area contributed by atoms with Gasteiger partial charge in [-0.05, 0) is 30.3 Å². The number of aromatic nitrogens is 1. The SMILES string of the molecule is Nn1c(=O)c(NS(=O)(=O)c2ccccc2)c(N2CCN(C(=O)c3ccccc3)CC2)c2ccccc21. The van der Waals surface area contributed by atoms with E-state index >= 15 is 0 Å². The quantitative estimate of drug-likeness (QED) is 0.404. The van der Waals surface area contributed by atoms with E-state index in [4.69, 9.17) is 5.84 Å². The minimum atomic E-state index is -4.05. The van der Waals surface area contributed by atoms with Crippen molar-refractivity contribution in [2.45, 2.75) is 4.90 Å². The van der Waals surface area contributed by atoms with Crippen LogP contribution in [0.4, 0.5) is 11.4 Å². The molecule has 3 aromatic carbocycles. The molecule has 36 heavy (non-hydrogen) atoms. The van der Waals surface area contributed by atoms with Crippen molar-refractivity contribution in [1.29, 1.82) is 0 Å². The Hall–Kier alpha value is -4.31. The molecule has 0 aliphatic carbocycles. The number of rotatable bonds is 5. The molecule has 184 valence electrons. The van der Waals surface area contributed by atoms with E-state index in [1.54, 1.807) is 59.5 Å². The van der Waals surface area contributed by atoms with Crippen LogP contribution in [0.1, 0.15) is 10.4 Å². The Kier molecular flexibility index (Phi) is 6.11. The standard InChI is InChI=1S/C26H25N5O4S/c27-31-22-14-8-7-13-21(22)24(23(26(31)33)28-36(34,35)20-11-5-2-6-12-20)29-15-17-30(18-16-29)25(32)19-9-3-1-4-10-19/h1-14,28H,15-18,27H2. The Bertz CT molecular complexity index is 1580. The zero-order chi connectivity index (χ0) is 25.3. The maximum atomic E-state index is 13.3. The summed E-state index contributed by atoms with van der Waals surface area (Å²) in [6.07, 6.45) is 0. The second-order valence-corrected chi connectivity index (χ2v) is 10.2. The molecule has 1 aliphatic rings. The highest BCUT2D eigenvalue weighted by Crippen LogP contribution is 2.33. The molecule has 0 saturated carbocycles. The number of nitrogen functional groups attached to an aromatic ring is 1. The van der Waals surface area contributed by atoms with Gasteiger partial charge < -0.3 is 15.6 Å². The number of nitrogens with one attached hydrogen (secondary N) is 1. The highest BCUT2D eigenvalue weighted by atomic mass is 32.2. The van der Waals surface area contributed by atoms with Gasteiger partial charge in [0.05, 0.1) is 16.1 Å². The van der Waals surface area contributed by atoms with Crippen molar-refractivity contribution < 1.29 is 13.2 Å². The summed E-state index contributed by atoms with van der Waals surface area (Å²) >= 11 is 0. The molecule has 1 saturated heterocycles. The predicted molar refractivity (Wildman–Crippen MR) is 140 cm³/mol. The van der Waals surface area contributed by atoms with Gasteiger partial charge in [0.15, 0.2) is 0 Å². The van der Waals surface area contributed by atoms with Crippen molar-refractivity contribution in [3.63, 3.8) is 0 Å². The molecule has 0 atom stereocenters. The minimum absolute atomic E-state index is 0.0327. The lowest BCUT2D eigenvalue weighted by Gasteiger charge is -2.37. The second kappa shape index (κ2) is 9.38. The molecule has 1 aliphatic heterocycles. The van der Waals surface area contributed by atoms with Gasteiger partial charge in [-0.2, -0.15) is 0 Å². The maximum Gasteiger partial charge on any atom is 0.295 e. The molecule has 0 bridgehead atoms. The topological polar surface area (TPSA) is 118 Å². The summed E-state index contributed by atoms with van der Waals surface area (Å²) in [7, 11) is -4.05. The van der Waals surface area contributed by atoms with Crippen LogP contribution >= 0.6 is 0 Å². The van der Waals surface area contributed by atoms with Crippen molar-refractivity contribution in [3.8, 4) is 0 Å². The number of nitrogens with zero attached hydrogens (tertiary/aromatic N) is 3. The number of piperazine rings is 1. The van der Waals surface area contributed by atoms with Gasteiger partial charge in [-0.1, -0.05) is 54.6 Å². The average Bonchev–Trinajstić information content (AvgIpc) is 2.92. The summed E-state index contributed by atoms with van der Waals surface area (Å²) in [5, 5.41) is 0.633. The average molecular weight is 504 g/mol. The van der Waals surface area contributed by atoms with Crippen LogP contribution in [0.2, 0.25) is 0 Å². The van der Waals surface area contributed by atoms with Gasteiger partial charge in [-0.25, -0.2) is 13.1 Å². The first-order chi connectivity index (χ1) is 17.4. The number of amides is 1. The van der Waals surface area contributed by atoms with Crippen LogP contribution in [0.3, 0.4) is 0 Å². The lowest BCUT2D eigenvalue weighted by Crippen LogP contribution is -2.49. The lowest BCUT2D eigenvalue weighted by atomic mass is 10.1. The van der Waals surface area contributed by atoms with E-state index < -0.39 is 15.6 Å². The highest BCUT2D eigenvalue weighted by Gasteiger charge is 2.29. The molecule has 1 aromatic heterocycles. The third-order valence-electron chi connectivity index (χ3n) is 6.28. The van der Waals surface area contributed by atoms with Gasteiger partial charge >= 0.3 is 0 Å². The van der Waals surface area contributed by atoms with Crippen LogP contribution in [0.15, 0.2) is 94.6 Å². The largest absolute Gasteiger partial charge is 0.366 e. The summed E-state index contributed by atoms with van der Waals surface area (Å²) in [5.74, 6) is 6.03. The first-order valence-corrected chi connectivity index (χ1v) is 12.9. The minimum Gasteiger partial charge on any atom is -0.366 e. The molecule has 9 nitrogen and oxygen atoms in total. The number of hydrogen-bond acceptors (Lipinski definition) is 6. The zero-order valence-corrected chi connectivity index (χ0v) is 20.2. The second-order valence-electron chi connectivity index (χ2n) is 8.48. The van der Waals surface area contributed by atoms with Gasteiger partial charge in [0.25, 0.3) is 21.5 Å². The van der Waals surface area contributed by atoms with Crippen LogP contribution in [-0.4, -0.2) is 50.1 Å². The highest BCUT2D eigenvalue weighted by molar-refractivity contribution is 7.92. The van der Waals surface area contributed by atoms with Gasteiger partial charge in [-0.3, -0.25) is 14.3 Å². The Morgan fingerprint density at radius 2 is 1.39 bits per heavy atom. The predicted octanol–water partition coefficient (Wildman–Crippen LogP) is 2.48. The molecule has 5 rings (SSSR count). The van der Waals surface area contributed by atoms with E-state index in [2.05, 4.69) is 4.72 Å². The number of hydrogen-bond donors (Lipinski definition) is 2. The fourth-order valence-corrected chi connectivity index (χ4v) is 5.55. The van der Waals surface area contributed by atoms with Crippen molar-refractivity contribution in [2.24, 2.45) is 0 Å². The first-order valence-electron chi connectivity index (χ1n) is 11.5. The number of sulfonamides is 1. The van der Waals surface area contributed by atoms with E-state index in [1.165, 1.54) is 12.1 Å². The fourth-order valence-electron chi connectivity index (χ4n) is 4.46. The van der Waals surface area contributed by atoms with Crippen molar-refractivity contribution in [2.75, 3.05) is 41.6 Å². The Balaban J connectivity index is 1.54. The number of benzene rings is 3. The monoisotopic (exact) mass is 503 g/mol. The number of nitrogens with two attached hydrogens (primary N) is 1. The van der Waals surface area contributed by atoms with Crippen LogP contribution in [0.5, 0.6) is 0 Å². The molecule has 2 heterocycles. The van der Waals surface area contributed by atoms with E-state index in [0.29, 0.717) is 48.3 Å². The molecule has 3 N–H and O–H groups in total. The van der Waals surface area contributed by atoms with Crippen LogP contribution in [0, 0.1) is 0 Å². The van der Waals surface area contributed by atoms with Gasteiger partial charge in [0, 0.05) is 37.1 Å². The molecule has 1 amide bonds. The van der Waals surface area contributed by atoms with Crippen molar-refractivity contribution >= 4 is 38.2 Å². The van der Waals surface area contributed by atoms with Gasteiger partial charge in [-0.15, -0.1) is 0 Å². The number of carbonyl (C=O) groups is 1. The molecular weight excluding hydrogens is 478 g/mol. The summed E-state index contributed by atoms with van der Waals surface area (Å²) in [4.78, 5) is 30.0. The molecule has 0 unspecified atom stereocenters. The van der Waals surface area contributed by atoms with Crippen molar-refractivity contribution in [1.82, 2.24) is 9.58 Å². The maximum absolute atomic E-state index is 13.3. The molecule has 1 fully saturated rings. The van der Waals surface area contributed by atoms with E-state index in [1.807, 2.05) is 23.1 Å². The number of pyridine rings is 1. The third kappa shape index (κ3) is 4.27. The Labute approximate surface area is 208 Å². The number of anilines is 2. The normalized spacial score (nSPS) is 14.1. The summed E-state index contributed by atoms with van der Waals surface area (Å²) in [5.41, 5.74) is 0.749. The van der Waals surface area contributed by atoms with Crippen LogP contribution in [0.25, 0.3) is 10.9 Å². The number of carbonyl (C=O) groups excluding carboxylic acids is 1. The Morgan fingerprint density at radius 3 is 2.06 bits per heavy atom. The number of fused-ring (bicyclic) bond motifs is 1. The molecule has 4 aromatic rings. The first kappa shape index (κ1) is 23.4. The van der Waals surface area contributed by atoms with Crippen molar-refractivity contribution in [3.05, 3.63) is 101 Å². The van der Waals surface area contributed by atoms with Crippen LogP contribution < -0.4 is 21.0 Å². The van der Waals surface area contributed by atoms with Gasteiger partial charge in [0.1, 0.15) is 5.69 Å². The smallest absolute Gasteiger partial charge is 0.295 e.